The number of nitrogens with one attached hydrogen (secondary N) is 2. The second-order valence-electron chi connectivity index (χ2n) is 8.02. The Bertz CT molecular complexity index is 420. The van der Waals surface area contributed by atoms with Gasteiger partial charge in [0.2, 0.25) is 0 Å². The first-order valence-corrected chi connectivity index (χ1v) is 12.0. The first-order valence-electron chi connectivity index (χ1n) is 12.0. The fourth-order valence-electron chi connectivity index (χ4n) is 3.42. The Kier molecular flexibility index (Phi) is 20.0. The molecular weight excluding hydrogens is 384 g/mol. The van der Waals surface area contributed by atoms with Gasteiger partial charge in [0.25, 0.3) is 0 Å². The van der Waals surface area contributed by atoms with Crippen LogP contribution >= 0.6 is 0 Å². The van der Waals surface area contributed by atoms with Gasteiger partial charge in [-0.3, -0.25) is 4.79 Å². The minimum Gasteiger partial charge on any atom is -0.465 e. The van der Waals surface area contributed by atoms with E-state index in [0.29, 0.717) is 6.42 Å². The van der Waals surface area contributed by atoms with E-state index in [1.54, 1.807) is 6.92 Å². The third-order valence-corrected chi connectivity index (χ3v) is 5.28. The van der Waals surface area contributed by atoms with Crippen LogP contribution in [0.3, 0.4) is 0 Å². The second-order valence-corrected chi connectivity index (χ2v) is 8.02. The van der Waals surface area contributed by atoms with Crippen LogP contribution in [0.1, 0.15) is 104 Å². The molecule has 0 fully saturated rings. The lowest BCUT2D eigenvalue weighted by Crippen LogP contribution is -2.50. The molecule has 0 bridgehead atoms. The van der Waals surface area contributed by atoms with E-state index in [4.69, 9.17) is 4.74 Å². The summed E-state index contributed by atoms with van der Waals surface area (Å²) in [6, 6.07) is -1.35. The van der Waals surface area contributed by atoms with Crippen LogP contribution < -0.4 is 10.6 Å². The molecule has 0 radical (unpaired) electrons. The van der Waals surface area contributed by atoms with Crippen molar-refractivity contribution < 1.29 is 24.5 Å². The van der Waals surface area contributed by atoms with Gasteiger partial charge in [-0.25, -0.2) is 4.79 Å². The van der Waals surface area contributed by atoms with Gasteiger partial charge in [-0.15, -0.1) is 0 Å². The fraction of sp³-hybridized carbons (Fsp3) is 0.913. The zero-order chi connectivity index (χ0) is 22.5. The summed E-state index contributed by atoms with van der Waals surface area (Å²) in [5.41, 5.74) is 0. The highest BCUT2D eigenvalue weighted by molar-refractivity contribution is 5.80. The molecule has 0 spiro atoms. The molecule has 7 nitrogen and oxygen atoms in total. The molecule has 7 heteroatoms. The number of aliphatic hydroxyl groups excluding tert-OH is 2. The van der Waals surface area contributed by atoms with Crippen molar-refractivity contribution in [3.8, 4) is 0 Å². The van der Waals surface area contributed by atoms with Crippen LogP contribution in [0.5, 0.6) is 0 Å². The van der Waals surface area contributed by atoms with Gasteiger partial charge >= 0.3 is 12.0 Å². The minimum atomic E-state index is -0.809. The highest BCUT2D eigenvalue weighted by Gasteiger charge is 2.20. The normalized spacial score (nSPS) is 12.9. The topological polar surface area (TPSA) is 108 Å². The quantitative estimate of drug-likeness (QED) is 0.172. The van der Waals surface area contributed by atoms with Gasteiger partial charge < -0.3 is 25.6 Å². The predicted octanol–water partition coefficient (Wildman–Crippen LogP) is 4.05. The molecular formula is C23H46N2O5. The molecule has 0 rings (SSSR count). The van der Waals surface area contributed by atoms with Crippen molar-refractivity contribution in [1.82, 2.24) is 10.6 Å². The Morgan fingerprint density at radius 1 is 0.833 bits per heavy atom. The van der Waals surface area contributed by atoms with Crippen molar-refractivity contribution in [3.63, 3.8) is 0 Å². The van der Waals surface area contributed by atoms with Crippen LogP contribution in [0.2, 0.25) is 0 Å². The first kappa shape index (κ1) is 28.7. The molecule has 0 saturated carbocycles. The number of ether oxygens (including phenoxy) is 1. The maximum atomic E-state index is 11.8. The summed E-state index contributed by atoms with van der Waals surface area (Å²) in [6.07, 6.45) is 16.1. The SMILES string of the molecule is CCCCCCCCCCCCCCCC(O)C(CO)NC(=O)NCC(=O)OCC. The summed E-state index contributed by atoms with van der Waals surface area (Å²) < 4.78 is 4.72. The molecule has 0 aromatic rings. The average Bonchev–Trinajstić information content (AvgIpc) is 2.73. The average molecular weight is 431 g/mol. The van der Waals surface area contributed by atoms with Crippen LogP contribution in [0.15, 0.2) is 0 Å². The molecule has 30 heavy (non-hydrogen) atoms. The Morgan fingerprint density at radius 3 is 1.80 bits per heavy atom. The number of amides is 2. The van der Waals surface area contributed by atoms with Gasteiger partial charge in [0, 0.05) is 0 Å². The molecule has 4 N–H and O–H groups in total. The van der Waals surface area contributed by atoms with Gasteiger partial charge in [-0.2, -0.15) is 0 Å². The third kappa shape index (κ3) is 17.5. The lowest BCUT2D eigenvalue weighted by atomic mass is 10.0. The van der Waals surface area contributed by atoms with E-state index in [2.05, 4.69) is 17.6 Å². The minimum absolute atomic E-state index is 0.243. The predicted molar refractivity (Wildman–Crippen MR) is 120 cm³/mol. The monoisotopic (exact) mass is 430 g/mol. The van der Waals surface area contributed by atoms with E-state index < -0.39 is 24.1 Å². The van der Waals surface area contributed by atoms with E-state index in [-0.39, 0.29) is 19.8 Å². The number of unbranched alkanes of at least 4 members (excludes halogenated alkanes) is 12. The zero-order valence-corrected chi connectivity index (χ0v) is 19.3. The molecule has 0 aromatic heterocycles. The third-order valence-electron chi connectivity index (χ3n) is 5.28. The number of hydrogen-bond donors (Lipinski definition) is 4. The number of carbonyl (C=O) groups excluding carboxylic acids is 2. The van der Waals surface area contributed by atoms with Crippen LogP contribution in [-0.4, -0.2) is 54.1 Å². The van der Waals surface area contributed by atoms with Crippen molar-refractivity contribution in [3.05, 3.63) is 0 Å². The first-order chi connectivity index (χ1) is 14.5. The van der Waals surface area contributed by atoms with Crippen molar-refractivity contribution in [2.24, 2.45) is 0 Å². The Morgan fingerprint density at radius 2 is 1.33 bits per heavy atom. The Hall–Kier alpha value is -1.34. The second kappa shape index (κ2) is 20.9. The standard InChI is InChI=1S/C23H46N2O5/c1-3-5-6-7-8-9-10-11-12-13-14-15-16-17-21(27)20(19-26)25-23(29)24-18-22(28)30-4-2/h20-21,26-27H,3-19H2,1-2H3,(H2,24,25,29). The zero-order valence-electron chi connectivity index (χ0n) is 19.3. The Labute approximate surface area is 183 Å². The molecule has 2 unspecified atom stereocenters. The maximum absolute atomic E-state index is 11.8. The number of urea groups is 1. The number of carbonyl (C=O) groups is 2. The van der Waals surface area contributed by atoms with Gasteiger partial charge in [-0.05, 0) is 13.3 Å². The smallest absolute Gasteiger partial charge is 0.325 e. The van der Waals surface area contributed by atoms with Gasteiger partial charge in [0.15, 0.2) is 0 Å². The van der Waals surface area contributed by atoms with Crippen LogP contribution in [0.25, 0.3) is 0 Å². The summed E-state index contributed by atoms with van der Waals surface area (Å²) in [6.45, 7) is 3.59. The van der Waals surface area contributed by atoms with E-state index in [9.17, 15) is 19.8 Å². The summed E-state index contributed by atoms with van der Waals surface area (Å²) in [5, 5.41) is 24.5. The van der Waals surface area contributed by atoms with Crippen molar-refractivity contribution in [2.45, 2.75) is 116 Å². The van der Waals surface area contributed by atoms with Gasteiger partial charge in [0.05, 0.1) is 25.4 Å². The van der Waals surface area contributed by atoms with E-state index in [0.717, 1.165) is 19.3 Å². The lowest BCUT2D eigenvalue weighted by molar-refractivity contribution is -0.141. The lowest BCUT2D eigenvalue weighted by Gasteiger charge is -2.22. The molecule has 0 aliphatic heterocycles. The van der Waals surface area contributed by atoms with Crippen LogP contribution in [0, 0.1) is 0 Å². The molecule has 0 saturated heterocycles. The highest BCUT2D eigenvalue weighted by Crippen LogP contribution is 2.14. The molecule has 0 aliphatic rings. The number of rotatable bonds is 20. The summed E-state index contributed by atoms with van der Waals surface area (Å²) >= 11 is 0. The molecule has 2 amide bonds. The largest absolute Gasteiger partial charge is 0.465 e. The summed E-state index contributed by atoms with van der Waals surface area (Å²) in [4.78, 5) is 23.0. The molecule has 178 valence electrons. The molecule has 0 aromatic carbocycles. The van der Waals surface area contributed by atoms with Gasteiger partial charge in [-0.1, -0.05) is 90.4 Å². The van der Waals surface area contributed by atoms with Crippen molar-refractivity contribution >= 4 is 12.0 Å². The number of aliphatic hydroxyl groups is 2. The number of hydrogen-bond acceptors (Lipinski definition) is 5. The maximum Gasteiger partial charge on any atom is 0.325 e. The summed E-state index contributed by atoms with van der Waals surface area (Å²) in [7, 11) is 0. The fourth-order valence-corrected chi connectivity index (χ4v) is 3.42. The van der Waals surface area contributed by atoms with Gasteiger partial charge in [0.1, 0.15) is 6.54 Å². The Balaban J connectivity index is 3.65. The molecule has 0 aliphatic carbocycles. The van der Waals surface area contributed by atoms with E-state index >= 15 is 0 Å². The molecule has 0 heterocycles. The van der Waals surface area contributed by atoms with Crippen LogP contribution in [0.4, 0.5) is 4.79 Å². The van der Waals surface area contributed by atoms with Crippen LogP contribution in [-0.2, 0) is 9.53 Å². The van der Waals surface area contributed by atoms with E-state index in [1.807, 2.05) is 0 Å². The summed E-state index contributed by atoms with van der Waals surface area (Å²) in [5.74, 6) is -0.527. The number of esters is 1. The van der Waals surface area contributed by atoms with Crippen molar-refractivity contribution in [2.75, 3.05) is 19.8 Å². The molecule has 2 atom stereocenters. The van der Waals surface area contributed by atoms with Crippen molar-refractivity contribution in [1.29, 1.82) is 0 Å². The highest BCUT2D eigenvalue weighted by atomic mass is 16.5. The van der Waals surface area contributed by atoms with E-state index in [1.165, 1.54) is 64.2 Å².